The van der Waals surface area contributed by atoms with Crippen molar-refractivity contribution in [1.82, 2.24) is 5.32 Å². The molecule has 9 heteroatoms. The van der Waals surface area contributed by atoms with Crippen LogP contribution in [0.1, 0.15) is 62.7 Å². The Morgan fingerprint density at radius 2 is 2.07 bits per heavy atom. The zero-order valence-electron chi connectivity index (χ0n) is 16.8. The van der Waals surface area contributed by atoms with Crippen molar-refractivity contribution in [2.24, 2.45) is 4.40 Å². The molecule has 1 aromatic rings. The Morgan fingerprint density at radius 3 is 2.83 bits per heavy atom. The second-order valence-corrected chi connectivity index (χ2v) is 9.03. The van der Waals surface area contributed by atoms with Gasteiger partial charge in [0, 0.05) is 19.0 Å². The first kappa shape index (κ1) is 21.3. The summed E-state index contributed by atoms with van der Waals surface area (Å²) in [7, 11) is -3.88. The van der Waals surface area contributed by atoms with Gasteiger partial charge in [-0.3, -0.25) is 4.79 Å². The van der Waals surface area contributed by atoms with Crippen molar-refractivity contribution >= 4 is 33.4 Å². The summed E-state index contributed by atoms with van der Waals surface area (Å²) in [6, 6.07) is 4.44. The van der Waals surface area contributed by atoms with Gasteiger partial charge in [-0.2, -0.15) is 8.42 Å². The van der Waals surface area contributed by atoms with Crippen LogP contribution < -0.4 is 10.2 Å². The van der Waals surface area contributed by atoms with Crippen LogP contribution in [0.4, 0.5) is 5.69 Å². The minimum atomic E-state index is -3.88. The van der Waals surface area contributed by atoms with Crippen molar-refractivity contribution in [2.45, 2.75) is 63.3 Å². The van der Waals surface area contributed by atoms with Gasteiger partial charge in [-0.25, -0.2) is 4.79 Å². The van der Waals surface area contributed by atoms with Crippen LogP contribution in [-0.4, -0.2) is 45.3 Å². The molecule has 0 aliphatic carbocycles. The zero-order valence-corrected chi connectivity index (χ0v) is 17.6. The molecule has 0 radical (unpaired) electrons. The predicted molar refractivity (Wildman–Crippen MR) is 110 cm³/mol. The molecular formula is C20H27N3O5S. The SMILES string of the molecule is CCC[C@H](C)NC(=O)COC(=O)c1ccc2c(c1)S(=O)(=O)N=C1CCCCCN12. The number of hydrogen-bond acceptors (Lipinski definition) is 6. The lowest BCUT2D eigenvalue weighted by Crippen LogP contribution is -2.36. The van der Waals surface area contributed by atoms with Gasteiger partial charge >= 0.3 is 5.97 Å². The second-order valence-electron chi connectivity index (χ2n) is 7.46. The number of amides is 1. The highest BCUT2D eigenvalue weighted by Gasteiger charge is 2.32. The molecule has 2 heterocycles. The number of fused-ring (bicyclic) bond motifs is 3. The smallest absolute Gasteiger partial charge is 0.338 e. The molecule has 0 saturated carbocycles. The summed E-state index contributed by atoms with van der Waals surface area (Å²) in [6.07, 6.45) is 5.27. The van der Waals surface area contributed by atoms with Crippen LogP contribution in [0.5, 0.6) is 0 Å². The highest BCUT2D eigenvalue weighted by atomic mass is 32.2. The van der Waals surface area contributed by atoms with E-state index in [1.54, 1.807) is 6.07 Å². The minimum absolute atomic E-state index is 0.000714. The molecule has 3 rings (SSSR count). The molecule has 1 fully saturated rings. The summed E-state index contributed by atoms with van der Waals surface area (Å²) >= 11 is 0. The standard InChI is InChI=1S/C20H27N3O5S/c1-3-7-14(2)21-19(24)13-28-20(25)15-9-10-16-17(12-15)29(26,27)22-18-8-5-4-6-11-23(16)18/h9-10,12,14H,3-8,11,13H2,1-2H3,(H,21,24)/t14-/m0/s1. The fraction of sp³-hybridized carbons (Fsp3) is 0.550. The first-order chi connectivity index (χ1) is 13.8. The predicted octanol–water partition coefficient (Wildman–Crippen LogP) is 2.63. The summed E-state index contributed by atoms with van der Waals surface area (Å²) in [5, 5.41) is 2.75. The number of nitrogens with one attached hydrogen (secondary N) is 1. The molecule has 158 valence electrons. The Hall–Kier alpha value is -2.42. The van der Waals surface area contributed by atoms with E-state index in [0.717, 1.165) is 32.1 Å². The topological polar surface area (TPSA) is 105 Å². The van der Waals surface area contributed by atoms with Gasteiger partial charge in [0.1, 0.15) is 10.7 Å². The zero-order chi connectivity index (χ0) is 21.0. The molecule has 0 spiro atoms. The van der Waals surface area contributed by atoms with Gasteiger partial charge in [0.15, 0.2) is 6.61 Å². The molecule has 2 aliphatic rings. The number of hydrogen-bond donors (Lipinski definition) is 1. The number of carbonyl (C=O) groups excluding carboxylic acids is 2. The van der Waals surface area contributed by atoms with Crippen LogP contribution in [-0.2, 0) is 19.6 Å². The maximum atomic E-state index is 12.6. The van der Waals surface area contributed by atoms with E-state index in [9.17, 15) is 18.0 Å². The van der Waals surface area contributed by atoms with E-state index in [4.69, 9.17) is 4.74 Å². The van der Waals surface area contributed by atoms with E-state index in [1.165, 1.54) is 12.1 Å². The van der Waals surface area contributed by atoms with E-state index in [1.807, 2.05) is 18.7 Å². The second kappa shape index (κ2) is 8.94. The normalized spacial score (nSPS) is 18.6. The number of carbonyl (C=O) groups is 2. The third-order valence-electron chi connectivity index (χ3n) is 5.05. The fourth-order valence-corrected chi connectivity index (χ4v) is 4.93. The van der Waals surface area contributed by atoms with Crippen molar-refractivity contribution in [3.63, 3.8) is 0 Å². The van der Waals surface area contributed by atoms with Gasteiger partial charge in [-0.15, -0.1) is 4.40 Å². The van der Waals surface area contributed by atoms with Crippen LogP contribution >= 0.6 is 0 Å². The number of rotatable bonds is 6. The lowest BCUT2D eigenvalue weighted by atomic mass is 10.2. The van der Waals surface area contributed by atoms with Gasteiger partial charge in [0.05, 0.1) is 11.3 Å². The third kappa shape index (κ3) is 4.95. The molecule has 1 N–H and O–H groups in total. The minimum Gasteiger partial charge on any atom is -0.452 e. The van der Waals surface area contributed by atoms with Crippen LogP contribution in [0.25, 0.3) is 0 Å². The number of sulfonamides is 1. The van der Waals surface area contributed by atoms with Crippen molar-refractivity contribution in [2.75, 3.05) is 18.1 Å². The van der Waals surface area contributed by atoms with E-state index in [0.29, 0.717) is 24.5 Å². The number of nitrogens with zero attached hydrogens (tertiary/aromatic N) is 2. The molecule has 1 amide bonds. The first-order valence-corrected chi connectivity index (χ1v) is 11.5. The fourth-order valence-electron chi connectivity index (χ4n) is 3.64. The van der Waals surface area contributed by atoms with Gasteiger partial charge in [-0.1, -0.05) is 19.8 Å². The molecule has 8 nitrogen and oxygen atoms in total. The van der Waals surface area contributed by atoms with Crippen LogP contribution in [0.3, 0.4) is 0 Å². The van der Waals surface area contributed by atoms with Crippen molar-refractivity contribution in [1.29, 1.82) is 0 Å². The Kier molecular flexibility index (Phi) is 6.56. The number of amidine groups is 1. The van der Waals surface area contributed by atoms with E-state index < -0.39 is 22.6 Å². The van der Waals surface area contributed by atoms with E-state index in [2.05, 4.69) is 9.71 Å². The third-order valence-corrected chi connectivity index (χ3v) is 6.38. The van der Waals surface area contributed by atoms with Crippen LogP contribution in [0, 0.1) is 0 Å². The first-order valence-electron chi connectivity index (χ1n) is 10.0. The van der Waals surface area contributed by atoms with Gasteiger partial charge in [0.2, 0.25) is 0 Å². The van der Waals surface area contributed by atoms with Crippen molar-refractivity contribution in [3.8, 4) is 0 Å². The van der Waals surface area contributed by atoms with Crippen LogP contribution in [0.15, 0.2) is 27.5 Å². The lowest BCUT2D eigenvalue weighted by molar-refractivity contribution is -0.124. The van der Waals surface area contributed by atoms with Gasteiger partial charge < -0.3 is 15.0 Å². The van der Waals surface area contributed by atoms with Gasteiger partial charge in [-0.05, 0) is 44.4 Å². The monoisotopic (exact) mass is 421 g/mol. The Morgan fingerprint density at radius 1 is 1.28 bits per heavy atom. The molecule has 0 aromatic heterocycles. The largest absolute Gasteiger partial charge is 0.452 e. The highest BCUT2D eigenvalue weighted by Crippen LogP contribution is 2.35. The molecule has 29 heavy (non-hydrogen) atoms. The molecule has 1 atom stereocenters. The van der Waals surface area contributed by atoms with Crippen molar-refractivity contribution in [3.05, 3.63) is 23.8 Å². The van der Waals surface area contributed by atoms with E-state index in [-0.39, 0.29) is 22.4 Å². The molecular weight excluding hydrogens is 394 g/mol. The summed E-state index contributed by atoms with van der Waals surface area (Å²) < 4.78 is 34.3. The molecule has 1 saturated heterocycles. The number of ether oxygens (including phenoxy) is 1. The maximum Gasteiger partial charge on any atom is 0.338 e. The lowest BCUT2D eigenvalue weighted by Gasteiger charge is -2.29. The van der Waals surface area contributed by atoms with Gasteiger partial charge in [0.25, 0.3) is 15.9 Å². The summed E-state index contributed by atoms with van der Waals surface area (Å²) in [4.78, 5) is 26.1. The molecule has 0 bridgehead atoms. The van der Waals surface area contributed by atoms with E-state index >= 15 is 0 Å². The average Bonchev–Trinajstić information content (AvgIpc) is 2.91. The Bertz CT molecular complexity index is 926. The average molecular weight is 422 g/mol. The van der Waals surface area contributed by atoms with Crippen LogP contribution in [0.2, 0.25) is 0 Å². The summed E-state index contributed by atoms with van der Waals surface area (Å²) in [6.45, 7) is 4.19. The number of anilines is 1. The Balaban J connectivity index is 1.74. The quantitative estimate of drug-likeness (QED) is 0.708. The summed E-state index contributed by atoms with van der Waals surface area (Å²) in [5.41, 5.74) is 0.620. The molecule has 0 unspecified atom stereocenters. The summed E-state index contributed by atoms with van der Waals surface area (Å²) in [5.74, 6) is -0.571. The molecule has 2 aliphatic heterocycles. The highest BCUT2D eigenvalue weighted by molar-refractivity contribution is 7.90. The van der Waals surface area contributed by atoms with Crippen molar-refractivity contribution < 1.29 is 22.7 Å². The number of benzene rings is 1. The Labute approximate surface area is 171 Å². The molecule has 1 aromatic carbocycles. The number of esters is 1. The maximum absolute atomic E-state index is 12.6.